The SMILES string of the molecule is COC(=O)c1ccc(NC(=O)CC2C(=O)N(C)C(=S)N2NC(=O)c2ccccc2)cc1. The molecule has 1 unspecified atom stereocenters. The molecular formula is C21H20N4O5S. The summed E-state index contributed by atoms with van der Waals surface area (Å²) in [6.07, 6.45) is -0.239. The van der Waals surface area contributed by atoms with Gasteiger partial charge in [0.15, 0.2) is 5.11 Å². The van der Waals surface area contributed by atoms with Gasteiger partial charge in [0.2, 0.25) is 5.91 Å². The van der Waals surface area contributed by atoms with E-state index < -0.39 is 29.7 Å². The zero-order valence-electron chi connectivity index (χ0n) is 16.8. The Morgan fingerprint density at radius 1 is 1.03 bits per heavy atom. The van der Waals surface area contributed by atoms with Gasteiger partial charge in [-0.15, -0.1) is 0 Å². The van der Waals surface area contributed by atoms with Gasteiger partial charge >= 0.3 is 5.97 Å². The Morgan fingerprint density at radius 3 is 2.29 bits per heavy atom. The van der Waals surface area contributed by atoms with Crippen molar-refractivity contribution in [3.63, 3.8) is 0 Å². The number of nitrogens with zero attached hydrogens (tertiary/aromatic N) is 2. The molecule has 3 rings (SSSR count). The fraction of sp³-hybridized carbons (Fsp3) is 0.190. The number of rotatable bonds is 6. The van der Waals surface area contributed by atoms with Gasteiger partial charge < -0.3 is 10.1 Å². The van der Waals surface area contributed by atoms with Crippen LogP contribution in [0.15, 0.2) is 54.6 Å². The average Bonchev–Trinajstić information content (AvgIpc) is 2.98. The molecule has 1 atom stereocenters. The number of nitrogens with one attached hydrogen (secondary N) is 2. The molecule has 2 aromatic carbocycles. The van der Waals surface area contributed by atoms with Gasteiger partial charge in [0, 0.05) is 18.3 Å². The fourth-order valence-corrected chi connectivity index (χ4v) is 3.25. The lowest BCUT2D eigenvalue weighted by Gasteiger charge is -2.24. The first-order valence-electron chi connectivity index (χ1n) is 9.27. The third-order valence-corrected chi connectivity index (χ3v) is 5.12. The molecule has 0 aromatic heterocycles. The van der Waals surface area contributed by atoms with Crippen LogP contribution in [-0.4, -0.2) is 58.9 Å². The normalized spacial score (nSPS) is 15.6. The van der Waals surface area contributed by atoms with Crippen molar-refractivity contribution in [3.8, 4) is 0 Å². The highest BCUT2D eigenvalue weighted by Gasteiger charge is 2.42. The second kappa shape index (κ2) is 9.35. The first kappa shape index (κ1) is 21.9. The Labute approximate surface area is 183 Å². The number of hydrogen-bond donors (Lipinski definition) is 2. The molecule has 2 aromatic rings. The highest BCUT2D eigenvalue weighted by atomic mass is 32.1. The summed E-state index contributed by atoms with van der Waals surface area (Å²) in [7, 11) is 2.76. The minimum atomic E-state index is -0.987. The number of ether oxygens (including phenoxy) is 1. The minimum absolute atomic E-state index is 0.0921. The Hall–Kier alpha value is -3.79. The van der Waals surface area contributed by atoms with Gasteiger partial charge in [-0.2, -0.15) is 0 Å². The number of hydrogen-bond acceptors (Lipinski definition) is 6. The molecule has 10 heteroatoms. The maximum atomic E-state index is 12.6. The molecule has 0 spiro atoms. The third kappa shape index (κ3) is 4.86. The van der Waals surface area contributed by atoms with Crippen molar-refractivity contribution in [2.75, 3.05) is 19.5 Å². The van der Waals surface area contributed by atoms with Crippen molar-refractivity contribution >= 4 is 46.7 Å². The summed E-state index contributed by atoms with van der Waals surface area (Å²) in [4.78, 5) is 50.4. The molecule has 1 aliphatic heterocycles. The average molecular weight is 440 g/mol. The molecule has 160 valence electrons. The van der Waals surface area contributed by atoms with Crippen LogP contribution >= 0.6 is 12.2 Å². The van der Waals surface area contributed by atoms with E-state index in [-0.39, 0.29) is 11.5 Å². The Bertz CT molecular complexity index is 1030. The molecule has 9 nitrogen and oxygen atoms in total. The summed E-state index contributed by atoms with van der Waals surface area (Å²) < 4.78 is 4.63. The van der Waals surface area contributed by atoms with Crippen LogP contribution < -0.4 is 10.7 Å². The zero-order valence-corrected chi connectivity index (χ0v) is 17.6. The highest BCUT2D eigenvalue weighted by molar-refractivity contribution is 7.80. The zero-order chi connectivity index (χ0) is 22.5. The fourth-order valence-electron chi connectivity index (χ4n) is 2.99. The van der Waals surface area contributed by atoms with Crippen molar-refractivity contribution in [1.29, 1.82) is 0 Å². The lowest BCUT2D eigenvalue weighted by atomic mass is 10.1. The van der Waals surface area contributed by atoms with Crippen LogP contribution in [0.25, 0.3) is 0 Å². The molecule has 0 saturated carbocycles. The summed E-state index contributed by atoms with van der Waals surface area (Å²) in [6, 6.07) is 13.6. The second-order valence-electron chi connectivity index (χ2n) is 6.69. The van der Waals surface area contributed by atoms with E-state index in [0.29, 0.717) is 16.8 Å². The van der Waals surface area contributed by atoms with Crippen molar-refractivity contribution in [3.05, 3.63) is 65.7 Å². The van der Waals surface area contributed by atoms with E-state index in [4.69, 9.17) is 12.2 Å². The molecule has 0 bridgehead atoms. The van der Waals surface area contributed by atoms with E-state index >= 15 is 0 Å². The predicted octanol–water partition coefficient (Wildman–Crippen LogP) is 1.57. The maximum Gasteiger partial charge on any atom is 0.337 e. The molecule has 1 fully saturated rings. The van der Waals surface area contributed by atoms with Gasteiger partial charge in [-0.25, -0.2) is 9.80 Å². The molecule has 31 heavy (non-hydrogen) atoms. The Morgan fingerprint density at radius 2 is 1.68 bits per heavy atom. The van der Waals surface area contributed by atoms with E-state index in [1.165, 1.54) is 36.2 Å². The molecule has 2 N–H and O–H groups in total. The van der Waals surface area contributed by atoms with Crippen molar-refractivity contribution in [2.24, 2.45) is 0 Å². The number of carbonyl (C=O) groups is 4. The van der Waals surface area contributed by atoms with E-state index in [1.807, 2.05) is 0 Å². The van der Waals surface area contributed by atoms with Crippen LogP contribution in [0.4, 0.5) is 5.69 Å². The van der Waals surface area contributed by atoms with Crippen LogP contribution in [0, 0.1) is 0 Å². The van der Waals surface area contributed by atoms with Crippen LogP contribution in [0.5, 0.6) is 0 Å². The van der Waals surface area contributed by atoms with Crippen LogP contribution in [0.1, 0.15) is 27.1 Å². The number of carbonyl (C=O) groups excluding carboxylic acids is 4. The van der Waals surface area contributed by atoms with Gasteiger partial charge in [-0.1, -0.05) is 18.2 Å². The first-order valence-corrected chi connectivity index (χ1v) is 9.67. The molecule has 1 saturated heterocycles. The van der Waals surface area contributed by atoms with Gasteiger partial charge in [-0.05, 0) is 48.6 Å². The smallest absolute Gasteiger partial charge is 0.337 e. The molecule has 1 heterocycles. The Kier molecular flexibility index (Phi) is 6.61. The van der Waals surface area contributed by atoms with Gasteiger partial charge in [-0.3, -0.25) is 24.7 Å². The van der Waals surface area contributed by atoms with Gasteiger partial charge in [0.25, 0.3) is 11.8 Å². The number of anilines is 1. The third-order valence-electron chi connectivity index (χ3n) is 4.65. The van der Waals surface area contributed by atoms with E-state index in [2.05, 4.69) is 15.5 Å². The summed E-state index contributed by atoms with van der Waals surface area (Å²) >= 11 is 5.26. The first-order chi connectivity index (χ1) is 14.8. The number of thiocarbonyl (C=S) groups is 1. The Balaban J connectivity index is 1.69. The molecule has 0 aliphatic carbocycles. The van der Waals surface area contributed by atoms with E-state index in [9.17, 15) is 19.2 Å². The van der Waals surface area contributed by atoms with Crippen LogP contribution in [-0.2, 0) is 14.3 Å². The van der Waals surface area contributed by atoms with Crippen LogP contribution in [0.2, 0.25) is 0 Å². The van der Waals surface area contributed by atoms with E-state index in [0.717, 1.165) is 0 Å². The number of hydrazine groups is 1. The molecular weight excluding hydrogens is 420 g/mol. The molecule has 1 aliphatic rings. The summed E-state index contributed by atoms with van der Waals surface area (Å²) in [6.45, 7) is 0. The number of esters is 1. The molecule has 0 radical (unpaired) electrons. The monoisotopic (exact) mass is 440 g/mol. The number of methoxy groups -OCH3 is 1. The standard InChI is InChI=1S/C21H20N4O5S/c1-24-19(28)16(25(21(24)31)23-18(27)13-6-4-3-5-7-13)12-17(26)22-15-10-8-14(9-11-15)20(29)30-2/h3-11,16H,12H2,1-2H3,(H,22,26)(H,23,27). The predicted molar refractivity (Wildman–Crippen MR) is 116 cm³/mol. The maximum absolute atomic E-state index is 12.6. The molecule has 3 amide bonds. The van der Waals surface area contributed by atoms with Gasteiger partial charge in [0.05, 0.1) is 19.1 Å². The lowest BCUT2D eigenvalue weighted by Crippen LogP contribution is -2.49. The minimum Gasteiger partial charge on any atom is -0.465 e. The van der Waals surface area contributed by atoms with Gasteiger partial charge in [0.1, 0.15) is 6.04 Å². The van der Waals surface area contributed by atoms with E-state index in [1.54, 1.807) is 42.5 Å². The number of likely N-dealkylation sites (N-methyl/N-ethyl adjacent to an activating group) is 1. The quantitative estimate of drug-likeness (QED) is 0.519. The lowest BCUT2D eigenvalue weighted by molar-refractivity contribution is -0.130. The summed E-state index contributed by atoms with van der Waals surface area (Å²) in [5, 5.41) is 3.99. The summed E-state index contributed by atoms with van der Waals surface area (Å²) in [5.74, 6) is -1.80. The van der Waals surface area contributed by atoms with Crippen molar-refractivity contribution < 1.29 is 23.9 Å². The topological polar surface area (TPSA) is 108 Å². The number of amides is 3. The second-order valence-corrected chi connectivity index (χ2v) is 7.06. The highest BCUT2D eigenvalue weighted by Crippen LogP contribution is 2.19. The van der Waals surface area contributed by atoms with Crippen molar-refractivity contribution in [2.45, 2.75) is 12.5 Å². The number of benzene rings is 2. The summed E-state index contributed by atoms with van der Waals surface area (Å²) in [5.41, 5.74) is 3.79. The van der Waals surface area contributed by atoms with Crippen LogP contribution in [0.3, 0.4) is 0 Å². The largest absolute Gasteiger partial charge is 0.465 e. The van der Waals surface area contributed by atoms with Crippen molar-refractivity contribution in [1.82, 2.24) is 15.3 Å².